The lowest BCUT2D eigenvalue weighted by Crippen LogP contribution is -2.26. The van der Waals surface area contributed by atoms with Gasteiger partial charge in [-0.1, -0.05) is 42.5 Å². The zero-order valence-corrected chi connectivity index (χ0v) is 18.4. The maximum Gasteiger partial charge on any atom is 0.272 e. The monoisotopic (exact) mass is 478 g/mol. The predicted octanol–water partition coefficient (Wildman–Crippen LogP) is 5.63. The van der Waals surface area contributed by atoms with Crippen molar-refractivity contribution >= 4 is 38.4 Å². The number of carbonyl (C=O) groups excluding carboxylic acids is 1. The quantitative estimate of drug-likeness (QED) is 0.352. The van der Waals surface area contributed by atoms with Crippen LogP contribution < -0.4 is 10.6 Å². The third-order valence-electron chi connectivity index (χ3n) is 4.96. The summed E-state index contributed by atoms with van der Waals surface area (Å²) in [5, 5.41) is 7.10. The molecule has 0 unspecified atom stereocenters. The first-order chi connectivity index (χ1) is 15.0. The fourth-order valence-electron chi connectivity index (χ4n) is 3.31. The van der Waals surface area contributed by atoms with E-state index in [2.05, 4.69) is 36.5 Å². The van der Waals surface area contributed by atoms with E-state index >= 15 is 0 Å². The van der Waals surface area contributed by atoms with Gasteiger partial charge in [0.2, 0.25) is 0 Å². The standard InChI is InChI=1S/C24H20BrFN4O/c1-15(17-6-3-2-4-7-17)29-21-20-19(8-5-13-27-20)23(25)30-22(21)24(31)28-14-16-9-11-18(26)12-10-16/h2-13,15,29H,14H2,1H3,(H,28,31)/t15-/m1/s1. The summed E-state index contributed by atoms with van der Waals surface area (Å²) in [4.78, 5) is 22.1. The Morgan fingerprint density at radius 3 is 2.55 bits per heavy atom. The molecule has 31 heavy (non-hydrogen) atoms. The summed E-state index contributed by atoms with van der Waals surface area (Å²) in [6.45, 7) is 2.28. The molecule has 0 bridgehead atoms. The van der Waals surface area contributed by atoms with Gasteiger partial charge in [-0.05, 0) is 58.2 Å². The number of hydrogen-bond donors (Lipinski definition) is 2. The number of anilines is 1. The highest BCUT2D eigenvalue weighted by Gasteiger charge is 2.21. The highest BCUT2D eigenvalue weighted by atomic mass is 79.9. The number of nitrogens with one attached hydrogen (secondary N) is 2. The number of nitrogens with zero attached hydrogens (tertiary/aromatic N) is 2. The highest BCUT2D eigenvalue weighted by Crippen LogP contribution is 2.32. The van der Waals surface area contributed by atoms with Crippen molar-refractivity contribution in [1.29, 1.82) is 0 Å². The third kappa shape index (κ3) is 4.72. The number of amides is 1. The largest absolute Gasteiger partial charge is 0.375 e. The minimum absolute atomic E-state index is 0.0713. The molecule has 2 N–H and O–H groups in total. The van der Waals surface area contributed by atoms with Crippen molar-refractivity contribution in [2.45, 2.75) is 19.5 Å². The van der Waals surface area contributed by atoms with Crippen LogP contribution >= 0.6 is 15.9 Å². The first kappa shape index (κ1) is 20.9. The smallest absolute Gasteiger partial charge is 0.272 e. The van der Waals surface area contributed by atoms with Gasteiger partial charge in [-0.3, -0.25) is 9.78 Å². The molecule has 156 valence electrons. The molecule has 1 amide bonds. The van der Waals surface area contributed by atoms with Crippen LogP contribution in [0, 0.1) is 5.82 Å². The van der Waals surface area contributed by atoms with Crippen LogP contribution in [0.15, 0.2) is 77.5 Å². The average Bonchev–Trinajstić information content (AvgIpc) is 2.80. The Kier molecular flexibility index (Phi) is 6.23. The average molecular weight is 479 g/mol. The van der Waals surface area contributed by atoms with Crippen LogP contribution in [-0.4, -0.2) is 15.9 Å². The van der Waals surface area contributed by atoms with E-state index in [9.17, 15) is 9.18 Å². The molecule has 1 atom stereocenters. The van der Waals surface area contributed by atoms with E-state index in [1.807, 2.05) is 49.4 Å². The van der Waals surface area contributed by atoms with E-state index in [0.717, 1.165) is 16.5 Å². The van der Waals surface area contributed by atoms with Crippen molar-refractivity contribution in [1.82, 2.24) is 15.3 Å². The summed E-state index contributed by atoms with van der Waals surface area (Å²) in [5.74, 6) is -0.664. The molecule has 0 aliphatic carbocycles. The number of aromatic nitrogens is 2. The molecule has 5 nitrogen and oxygen atoms in total. The summed E-state index contributed by atoms with van der Waals surface area (Å²) in [6.07, 6.45) is 1.69. The Morgan fingerprint density at radius 1 is 1.06 bits per heavy atom. The third-order valence-corrected chi connectivity index (χ3v) is 5.56. The Balaban J connectivity index is 1.68. The molecule has 4 rings (SSSR count). The number of fused-ring (bicyclic) bond motifs is 1. The van der Waals surface area contributed by atoms with Crippen LogP contribution in [-0.2, 0) is 6.54 Å². The maximum absolute atomic E-state index is 13.1. The molecule has 0 saturated heterocycles. The van der Waals surface area contributed by atoms with E-state index in [-0.39, 0.29) is 30.0 Å². The highest BCUT2D eigenvalue weighted by molar-refractivity contribution is 9.10. The number of hydrogen-bond acceptors (Lipinski definition) is 4. The molecule has 2 aromatic carbocycles. The molecule has 2 heterocycles. The van der Waals surface area contributed by atoms with Crippen molar-refractivity contribution in [2.75, 3.05) is 5.32 Å². The molecule has 0 aliphatic heterocycles. The van der Waals surface area contributed by atoms with Gasteiger partial charge in [0, 0.05) is 24.2 Å². The van der Waals surface area contributed by atoms with Crippen LogP contribution in [0.2, 0.25) is 0 Å². The van der Waals surface area contributed by atoms with Crippen molar-refractivity contribution < 1.29 is 9.18 Å². The van der Waals surface area contributed by atoms with Gasteiger partial charge in [0.05, 0.1) is 11.2 Å². The van der Waals surface area contributed by atoms with Gasteiger partial charge in [0.1, 0.15) is 10.4 Å². The topological polar surface area (TPSA) is 66.9 Å². The minimum atomic E-state index is -0.347. The second-order valence-electron chi connectivity index (χ2n) is 7.11. The molecular weight excluding hydrogens is 459 g/mol. The Labute approximate surface area is 187 Å². The fourth-order valence-corrected chi connectivity index (χ4v) is 3.81. The maximum atomic E-state index is 13.1. The summed E-state index contributed by atoms with van der Waals surface area (Å²) in [7, 11) is 0. The van der Waals surface area contributed by atoms with Crippen LogP contribution in [0.3, 0.4) is 0 Å². The van der Waals surface area contributed by atoms with Gasteiger partial charge in [-0.25, -0.2) is 9.37 Å². The summed E-state index contributed by atoms with van der Waals surface area (Å²) >= 11 is 3.46. The number of benzene rings is 2. The van der Waals surface area contributed by atoms with Crippen LogP contribution in [0.1, 0.15) is 34.6 Å². The second-order valence-corrected chi connectivity index (χ2v) is 7.86. The zero-order chi connectivity index (χ0) is 21.8. The fraction of sp³-hybridized carbons (Fsp3) is 0.125. The van der Waals surface area contributed by atoms with Gasteiger partial charge < -0.3 is 10.6 Å². The SMILES string of the molecule is C[C@@H](Nc1c(C(=O)NCc2ccc(F)cc2)nc(Br)c2cccnc12)c1ccccc1. The van der Waals surface area contributed by atoms with Crippen LogP contribution in [0.25, 0.3) is 10.9 Å². The molecule has 2 aromatic heterocycles. The van der Waals surface area contributed by atoms with Gasteiger partial charge >= 0.3 is 0 Å². The Morgan fingerprint density at radius 2 is 1.81 bits per heavy atom. The van der Waals surface area contributed by atoms with E-state index in [1.54, 1.807) is 18.3 Å². The van der Waals surface area contributed by atoms with Gasteiger partial charge in [-0.2, -0.15) is 0 Å². The lowest BCUT2D eigenvalue weighted by Gasteiger charge is -2.20. The van der Waals surface area contributed by atoms with Crippen LogP contribution in [0.4, 0.5) is 10.1 Å². The normalized spacial score (nSPS) is 11.8. The van der Waals surface area contributed by atoms with Crippen LogP contribution in [0.5, 0.6) is 0 Å². The van der Waals surface area contributed by atoms with Crippen molar-refractivity contribution in [3.05, 3.63) is 100 Å². The molecule has 0 aliphatic rings. The molecule has 0 spiro atoms. The zero-order valence-electron chi connectivity index (χ0n) is 16.8. The predicted molar refractivity (Wildman–Crippen MR) is 123 cm³/mol. The van der Waals surface area contributed by atoms with E-state index in [1.165, 1.54) is 12.1 Å². The first-order valence-electron chi connectivity index (χ1n) is 9.81. The molecular formula is C24H20BrFN4O. The van der Waals surface area contributed by atoms with Gasteiger partial charge in [0.15, 0.2) is 5.69 Å². The van der Waals surface area contributed by atoms with Crippen molar-refractivity contribution in [3.8, 4) is 0 Å². The van der Waals surface area contributed by atoms with E-state index in [0.29, 0.717) is 15.8 Å². The van der Waals surface area contributed by atoms with E-state index < -0.39 is 0 Å². The lowest BCUT2D eigenvalue weighted by atomic mass is 10.1. The summed E-state index contributed by atoms with van der Waals surface area (Å²) in [6, 6.07) is 19.6. The summed E-state index contributed by atoms with van der Waals surface area (Å²) < 4.78 is 13.7. The van der Waals surface area contributed by atoms with Gasteiger partial charge in [0.25, 0.3) is 5.91 Å². The number of rotatable bonds is 6. The lowest BCUT2D eigenvalue weighted by molar-refractivity contribution is 0.0946. The molecule has 0 radical (unpaired) electrons. The second kappa shape index (κ2) is 9.22. The minimum Gasteiger partial charge on any atom is -0.375 e. The summed E-state index contributed by atoms with van der Waals surface area (Å²) in [5.41, 5.74) is 3.32. The van der Waals surface area contributed by atoms with Crippen molar-refractivity contribution in [2.24, 2.45) is 0 Å². The number of carbonyl (C=O) groups is 1. The molecule has 4 aromatic rings. The Hall–Kier alpha value is -3.32. The Bertz CT molecular complexity index is 1220. The van der Waals surface area contributed by atoms with Gasteiger partial charge in [-0.15, -0.1) is 0 Å². The number of halogens is 2. The van der Waals surface area contributed by atoms with Crippen molar-refractivity contribution in [3.63, 3.8) is 0 Å². The van der Waals surface area contributed by atoms with E-state index in [4.69, 9.17) is 0 Å². The molecule has 0 saturated carbocycles. The molecule has 7 heteroatoms. The number of pyridine rings is 2. The molecule has 0 fully saturated rings. The first-order valence-corrected chi connectivity index (χ1v) is 10.6.